The summed E-state index contributed by atoms with van der Waals surface area (Å²) in [5.41, 5.74) is 1.09. The van der Waals surface area contributed by atoms with Gasteiger partial charge >= 0.3 is 5.97 Å². The Morgan fingerprint density at radius 2 is 2.05 bits per heavy atom. The van der Waals surface area contributed by atoms with Crippen LogP contribution in [0.4, 0.5) is 0 Å². The van der Waals surface area contributed by atoms with E-state index in [1.165, 1.54) is 12.3 Å². The molecule has 0 bridgehead atoms. The van der Waals surface area contributed by atoms with Crippen LogP contribution in [0.3, 0.4) is 0 Å². The Hall–Kier alpha value is -2.14. The van der Waals surface area contributed by atoms with Gasteiger partial charge in [0.2, 0.25) is 0 Å². The molecule has 0 aliphatic heterocycles. The summed E-state index contributed by atoms with van der Waals surface area (Å²) in [6, 6.07) is 3.74. The van der Waals surface area contributed by atoms with Gasteiger partial charge in [-0.15, -0.1) is 0 Å². The fourth-order valence-electron chi connectivity index (χ4n) is 3.12. The van der Waals surface area contributed by atoms with Crippen molar-refractivity contribution in [2.24, 2.45) is 0 Å². The van der Waals surface area contributed by atoms with Gasteiger partial charge in [-0.3, -0.25) is 4.98 Å². The molecule has 3 rings (SSSR count). The highest BCUT2D eigenvalue weighted by atomic mass is 28.3. The Labute approximate surface area is 130 Å². The third-order valence-corrected chi connectivity index (χ3v) is 6.01. The largest absolute Gasteiger partial charge is 0.465 e. The molecular formula is C17H19NO3Si. The summed E-state index contributed by atoms with van der Waals surface area (Å²) in [6.07, 6.45) is 3.58. The Morgan fingerprint density at radius 1 is 1.32 bits per heavy atom. The number of hydrogen-bond acceptors (Lipinski definition) is 4. The number of hydrogen-bond donors (Lipinski definition) is 0. The van der Waals surface area contributed by atoms with Gasteiger partial charge in [0.05, 0.1) is 15.2 Å². The normalized spacial score (nSPS) is 12.0. The van der Waals surface area contributed by atoms with Crippen molar-refractivity contribution in [3.63, 3.8) is 0 Å². The van der Waals surface area contributed by atoms with Gasteiger partial charge in [0, 0.05) is 23.2 Å². The molecule has 114 valence electrons. The number of esters is 1. The first kappa shape index (κ1) is 14.8. The second-order valence-electron chi connectivity index (χ2n) is 6.50. The number of fused-ring (bicyclic) bond motifs is 3. The predicted molar refractivity (Wildman–Crippen MR) is 90.6 cm³/mol. The summed E-state index contributed by atoms with van der Waals surface area (Å²) in [7, 11) is -0.260. The number of aromatic nitrogens is 1. The summed E-state index contributed by atoms with van der Waals surface area (Å²) < 4.78 is 10.9. The molecule has 3 aromatic rings. The second-order valence-corrected chi connectivity index (χ2v) is 11.5. The highest BCUT2D eigenvalue weighted by Gasteiger charge is 2.29. The maximum absolute atomic E-state index is 12.2. The van der Waals surface area contributed by atoms with Gasteiger partial charge in [0.1, 0.15) is 16.9 Å². The minimum atomic E-state index is -1.65. The Bertz CT molecular complexity index is 890. The van der Waals surface area contributed by atoms with Crippen LogP contribution < -0.4 is 5.19 Å². The average Bonchev–Trinajstić information content (AvgIpc) is 2.82. The molecule has 0 saturated heterocycles. The van der Waals surface area contributed by atoms with E-state index >= 15 is 0 Å². The first-order valence-corrected chi connectivity index (χ1v) is 10.7. The summed E-state index contributed by atoms with van der Waals surface area (Å²) in [4.78, 5) is 16.4. The minimum Gasteiger partial charge on any atom is -0.465 e. The molecule has 0 aliphatic carbocycles. The molecule has 0 spiro atoms. The van der Waals surface area contributed by atoms with Gasteiger partial charge in [0.25, 0.3) is 0 Å². The molecule has 1 aromatic carbocycles. The van der Waals surface area contributed by atoms with Crippen LogP contribution in [-0.2, 0) is 4.74 Å². The number of methoxy groups -OCH3 is 1. The van der Waals surface area contributed by atoms with Crippen LogP contribution >= 0.6 is 0 Å². The number of benzene rings is 1. The second kappa shape index (κ2) is 4.95. The summed E-state index contributed by atoms with van der Waals surface area (Å²) >= 11 is 0. The maximum atomic E-state index is 12.2. The number of carbonyl (C=O) groups is 1. The van der Waals surface area contributed by atoms with Crippen LogP contribution in [0.15, 0.2) is 28.9 Å². The van der Waals surface area contributed by atoms with Crippen LogP contribution in [0.2, 0.25) is 19.6 Å². The highest BCUT2D eigenvalue weighted by molar-refractivity contribution is 6.91. The van der Waals surface area contributed by atoms with E-state index in [0.29, 0.717) is 11.1 Å². The average molecular weight is 313 g/mol. The third kappa shape index (κ3) is 2.13. The fraction of sp³-hybridized carbons (Fsp3) is 0.294. The maximum Gasteiger partial charge on any atom is 0.341 e. The number of carbonyl (C=O) groups excluding carboxylic acids is 1. The molecule has 0 amide bonds. The van der Waals surface area contributed by atoms with Crippen LogP contribution in [0, 0.1) is 6.92 Å². The third-order valence-electron chi connectivity index (χ3n) is 3.91. The summed E-state index contributed by atoms with van der Waals surface area (Å²) in [5.74, 6) is 0.510. The molecule has 22 heavy (non-hydrogen) atoms. The van der Waals surface area contributed by atoms with E-state index in [0.717, 1.165) is 21.9 Å². The van der Waals surface area contributed by atoms with E-state index in [1.807, 2.05) is 25.3 Å². The van der Waals surface area contributed by atoms with E-state index in [2.05, 4.69) is 24.6 Å². The van der Waals surface area contributed by atoms with Gasteiger partial charge in [0.15, 0.2) is 0 Å². The Morgan fingerprint density at radius 3 is 2.68 bits per heavy atom. The topological polar surface area (TPSA) is 52.3 Å². The summed E-state index contributed by atoms with van der Waals surface area (Å²) in [5, 5.41) is 4.26. The van der Waals surface area contributed by atoms with Gasteiger partial charge in [-0.2, -0.15) is 0 Å². The van der Waals surface area contributed by atoms with Crippen molar-refractivity contribution in [2.45, 2.75) is 26.6 Å². The van der Waals surface area contributed by atoms with Crippen LogP contribution in [-0.4, -0.2) is 26.1 Å². The van der Waals surface area contributed by atoms with Crippen molar-refractivity contribution < 1.29 is 13.9 Å². The molecule has 0 fully saturated rings. The standard InChI is InChI=1S/C17H19NO3Si/c1-10-16(22(3,4)5)14-13-9-18-7-6-11(13)8-12(15(14)21-10)17(19)20-2/h6-9H,1-5H3. The lowest BCUT2D eigenvalue weighted by atomic mass is 10.0. The molecule has 0 atom stereocenters. The van der Waals surface area contributed by atoms with E-state index in [4.69, 9.17) is 9.15 Å². The van der Waals surface area contributed by atoms with Crippen molar-refractivity contribution >= 4 is 41.0 Å². The van der Waals surface area contributed by atoms with E-state index < -0.39 is 8.07 Å². The molecular weight excluding hydrogens is 294 g/mol. The van der Waals surface area contributed by atoms with Gasteiger partial charge < -0.3 is 9.15 Å². The molecule has 2 aromatic heterocycles. The molecule has 0 saturated carbocycles. The highest BCUT2D eigenvalue weighted by Crippen LogP contribution is 2.31. The molecule has 0 unspecified atom stereocenters. The number of aryl methyl sites for hydroxylation is 1. The van der Waals surface area contributed by atoms with Crippen LogP contribution in [0.25, 0.3) is 21.7 Å². The zero-order valence-corrected chi connectivity index (χ0v) is 14.5. The van der Waals surface area contributed by atoms with Crippen molar-refractivity contribution in [3.8, 4) is 0 Å². The number of rotatable bonds is 2. The zero-order valence-electron chi connectivity index (χ0n) is 13.5. The van der Waals surface area contributed by atoms with E-state index in [9.17, 15) is 4.79 Å². The van der Waals surface area contributed by atoms with Crippen LogP contribution in [0.1, 0.15) is 16.1 Å². The van der Waals surface area contributed by atoms with E-state index in [-0.39, 0.29) is 5.97 Å². The van der Waals surface area contributed by atoms with Gasteiger partial charge in [-0.1, -0.05) is 19.6 Å². The van der Waals surface area contributed by atoms with E-state index in [1.54, 1.807) is 6.20 Å². The SMILES string of the molecule is COC(=O)c1cc2ccncc2c2c([Si](C)(C)C)c(C)oc12. The molecule has 0 N–H and O–H groups in total. The lowest BCUT2D eigenvalue weighted by Crippen LogP contribution is -2.38. The Kier molecular flexibility index (Phi) is 3.32. The fourth-order valence-corrected chi connectivity index (χ4v) is 5.22. The number of ether oxygens (including phenoxy) is 1. The monoisotopic (exact) mass is 313 g/mol. The lowest BCUT2D eigenvalue weighted by molar-refractivity contribution is 0.0602. The summed E-state index contributed by atoms with van der Waals surface area (Å²) in [6.45, 7) is 8.79. The lowest BCUT2D eigenvalue weighted by Gasteiger charge is -2.16. The first-order chi connectivity index (χ1) is 10.3. The zero-order chi connectivity index (χ0) is 16.1. The molecule has 5 heteroatoms. The number of pyridine rings is 1. The van der Waals surface area contributed by atoms with Crippen molar-refractivity contribution in [3.05, 3.63) is 35.9 Å². The van der Waals surface area contributed by atoms with Gasteiger partial charge in [-0.25, -0.2) is 4.79 Å². The molecule has 2 heterocycles. The van der Waals surface area contributed by atoms with Crippen LogP contribution in [0.5, 0.6) is 0 Å². The molecule has 4 nitrogen and oxygen atoms in total. The molecule has 0 radical (unpaired) electrons. The predicted octanol–water partition coefficient (Wildman–Crippen LogP) is 3.62. The first-order valence-electron chi connectivity index (χ1n) is 7.23. The quantitative estimate of drug-likeness (QED) is 0.535. The van der Waals surface area contributed by atoms with Gasteiger partial charge in [-0.05, 0) is 29.6 Å². The minimum absolute atomic E-state index is 0.375. The smallest absolute Gasteiger partial charge is 0.341 e. The molecule has 0 aliphatic rings. The van der Waals surface area contributed by atoms with Crippen molar-refractivity contribution in [2.75, 3.05) is 7.11 Å². The number of furan rings is 1. The van der Waals surface area contributed by atoms with Crippen molar-refractivity contribution in [1.82, 2.24) is 4.98 Å². The van der Waals surface area contributed by atoms with Crippen molar-refractivity contribution in [1.29, 1.82) is 0 Å². The number of nitrogens with zero attached hydrogens (tertiary/aromatic N) is 1. The Balaban J connectivity index is 2.57.